The van der Waals surface area contributed by atoms with E-state index in [9.17, 15) is 4.79 Å². The molecule has 0 aromatic carbocycles. The standard InChI is InChI=1S/C7H13NO2/c1-5(9)10-7(2,3)6-4-8-6/h6,8H,4H2,1-3H3. The van der Waals surface area contributed by atoms with Gasteiger partial charge in [0.1, 0.15) is 5.60 Å². The first-order valence-corrected chi connectivity index (χ1v) is 3.45. The van der Waals surface area contributed by atoms with Crippen LogP contribution in [-0.4, -0.2) is 24.2 Å². The van der Waals surface area contributed by atoms with E-state index in [4.69, 9.17) is 4.74 Å². The Morgan fingerprint density at radius 2 is 2.20 bits per heavy atom. The Morgan fingerprint density at radius 3 is 2.50 bits per heavy atom. The van der Waals surface area contributed by atoms with Gasteiger partial charge in [0.2, 0.25) is 0 Å². The van der Waals surface area contributed by atoms with E-state index in [1.165, 1.54) is 6.92 Å². The average Bonchev–Trinajstić information content (AvgIpc) is 2.35. The molecule has 0 spiro atoms. The van der Waals surface area contributed by atoms with Crippen LogP contribution in [0.2, 0.25) is 0 Å². The van der Waals surface area contributed by atoms with Crippen LogP contribution in [0, 0.1) is 0 Å². The third kappa shape index (κ3) is 1.70. The van der Waals surface area contributed by atoms with Crippen molar-refractivity contribution in [2.75, 3.05) is 6.54 Å². The zero-order valence-corrected chi connectivity index (χ0v) is 6.60. The lowest BCUT2D eigenvalue weighted by molar-refractivity contribution is -0.153. The van der Waals surface area contributed by atoms with Gasteiger partial charge in [-0.05, 0) is 13.8 Å². The normalized spacial score (nSPS) is 24.1. The Morgan fingerprint density at radius 1 is 1.70 bits per heavy atom. The Kier molecular flexibility index (Phi) is 1.68. The molecule has 1 atom stereocenters. The molecule has 1 aliphatic rings. The van der Waals surface area contributed by atoms with Crippen LogP contribution in [0.4, 0.5) is 0 Å². The molecular weight excluding hydrogens is 130 g/mol. The molecule has 0 aliphatic carbocycles. The second-order valence-corrected chi connectivity index (χ2v) is 3.16. The SMILES string of the molecule is CC(=O)OC(C)(C)C1CN1. The summed E-state index contributed by atoms with van der Waals surface area (Å²) in [6, 6.07) is 0.358. The van der Waals surface area contributed by atoms with Gasteiger partial charge < -0.3 is 10.1 Å². The van der Waals surface area contributed by atoms with Crippen LogP contribution < -0.4 is 5.32 Å². The minimum atomic E-state index is -0.328. The largest absolute Gasteiger partial charge is 0.458 e. The zero-order chi connectivity index (χ0) is 7.78. The van der Waals surface area contributed by atoms with Gasteiger partial charge in [0.15, 0.2) is 0 Å². The minimum absolute atomic E-state index is 0.210. The van der Waals surface area contributed by atoms with Crippen LogP contribution in [0.15, 0.2) is 0 Å². The molecule has 0 radical (unpaired) electrons. The van der Waals surface area contributed by atoms with Gasteiger partial charge in [0, 0.05) is 13.5 Å². The van der Waals surface area contributed by atoms with Gasteiger partial charge in [-0.25, -0.2) is 0 Å². The molecule has 3 heteroatoms. The van der Waals surface area contributed by atoms with Crippen molar-refractivity contribution in [3.8, 4) is 0 Å². The summed E-state index contributed by atoms with van der Waals surface area (Å²) >= 11 is 0. The number of carbonyl (C=O) groups is 1. The smallest absolute Gasteiger partial charge is 0.303 e. The van der Waals surface area contributed by atoms with E-state index >= 15 is 0 Å². The van der Waals surface area contributed by atoms with Crippen LogP contribution in [-0.2, 0) is 9.53 Å². The predicted molar refractivity (Wildman–Crippen MR) is 37.6 cm³/mol. The van der Waals surface area contributed by atoms with Crippen molar-refractivity contribution in [2.24, 2.45) is 0 Å². The van der Waals surface area contributed by atoms with Crippen molar-refractivity contribution >= 4 is 5.97 Å². The molecule has 10 heavy (non-hydrogen) atoms. The number of hydrogen-bond acceptors (Lipinski definition) is 3. The van der Waals surface area contributed by atoms with Crippen molar-refractivity contribution in [1.29, 1.82) is 0 Å². The fourth-order valence-corrected chi connectivity index (χ4v) is 0.992. The molecule has 1 fully saturated rings. The van der Waals surface area contributed by atoms with Crippen molar-refractivity contribution in [3.05, 3.63) is 0 Å². The molecule has 1 rings (SSSR count). The van der Waals surface area contributed by atoms with Crippen molar-refractivity contribution in [2.45, 2.75) is 32.4 Å². The highest BCUT2D eigenvalue weighted by atomic mass is 16.6. The summed E-state index contributed by atoms with van der Waals surface area (Å²) < 4.78 is 5.06. The quantitative estimate of drug-likeness (QED) is 0.446. The lowest BCUT2D eigenvalue weighted by Gasteiger charge is -2.22. The summed E-state index contributed by atoms with van der Waals surface area (Å²) in [6.07, 6.45) is 0. The van der Waals surface area contributed by atoms with Crippen LogP contribution >= 0.6 is 0 Å². The average molecular weight is 143 g/mol. The van der Waals surface area contributed by atoms with E-state index in [0.717, 1.165) is 6.54 Å². The van der Waals surface area contributed by atoms with Crippen LogP contribution in [0.3, 0.4) is 0 Å². The molecule has 0 saturated carbocycles. The molecule has 58 valence electrons. The summed E-state index contributed by atoms with van der Waals surface area (Å²) in [5, 5.41) is 3.10. The monoisotopic (exact) mass is 143 g/mol. The fourth-order valence-electron chi connectivity index (χ4n) is 0.992. The molecule has 3 nitrogen and oxygen atoms in total. The third-order valence-electron chi connectivity index (χ3n) is 1.65. The van der Waals surface area contributed by atoms with Gasteiger partial charge in [-0.3, -0.25) is 4.79 Å². The highest BCUT2D eigenvalue weighted by molar-refractivity contribution is 5.66. The highest BCUT2D eigenvalue weighted by Gasteiger charge is 2.39. The third-order valence-corrected chi connectivity index (χ3v) is 1.65. The number of rotatable bonds is 2. The van der Waals surface area contributed by atoms with Gasteiger partial charge >= 0.3 is 5.97 Å². The summed E-state index contributed by atoms with van der Waals surface area (Å²) in [7, 11) is 0. The van der Waals surface area contributed by atoms with Gasteiger partial charge in [-0.1, -0.05) is 0 Å². The highest BCUT2D eigenvalue weighted by Crippen LogP contribution is 2.20. The van der Waals surface area contributed by atoms with E-state index in [2.05, 4.69) is 5.32 Å². The van der Waals surface area contributed by atoms with Crippen LogP contribution in [0.5, 0.6) is 0 Å². The zero-order valence-electron chi connectivity index (χ0n) is 6.60. The van der Waals surface area contributed by atoms with E-state index in [-0.39, 0.29) is 11.6 Å². The molecule has 1 aliphatic heterocycles. The molecular formula is C7H13NO2. The number of carbonyl (C=O) groups excluding carboxylic acids is 1. The number of ether oxygens (including phenoxy) is 1. The Balaban J connectivity index is 2.41. The van der Waals surface area contributed by atoms with Crippen molar-refractivity contribution in [1.82, 2.24) is 5.32 Å². The lowest BCUT2D eigenvalue weighted by atomic mass is 10.1. The van der Waals surface area contributed by atoms with Gasteiger partial charge in [0.05, 0.1) is 6.04 Å². The maximum absolute atomic E-state index is 10.5. The molecule has 1 heterocycles. The van der Waals surface area contributed by atoms with Gasteiger partial charge in [0.25, 0.3) is 0 Å². The molecule has 1 unspecified atom stereocenters. The second-order valence-electron chi connectivity index (χ2n) is 3.16. The second kappa shape index (κ2) is 2.23. The molecule has 0 aromatic heterocycles. The lowest BCUT2D eigenvalue weighted by Crippen LogP contribution is -2.34. The summed E-state index contributed by atoms with van der Waals surface area (Å²) in [4.78, 5) is 10.5. The van der Waals surface area contributed by atoms with E-state index in [1.807, 2.05) is 13.8 Å². The van der Waals surface area contributed by atoms with Crippen LogP contribution in [0.1, 0.15) is 20.8 Å². The summed E-state index contributed by atoms with van der Waals surface area (Å²) in [5.41, 5.74) is -0.328. The number of esters is 1. The van der Waals surface area contributed by atoms with Gasteiger partial charge in [-0.2, -0.15) is 0 Å². The molecule has 0 amide bonds. The first kappa shape index (κ1) is 7.54. The summed E-state index contributed by atoms with van der Waals surface area (Å²) in [6.45, 7) is 6.22. The van der Waals surface area contributed by atoms with E-state index in [0.29, 0.717) is 6.04 Å². The number of nitrogens with one attached hydrogen (secondary N) is 1. The Labute approximate surface area is 60.7 Å². The molecule has 1 N–H and O–H groups in total. The molecule has 1 saturated heterocycles. The van der Waals surface area contributed by atoms with Gasteiger partial charge in [-0.15, -0.1) is 0 Å². The van der Waals surface area contributed by atoms with Crippen LogP contribution in [0.25, 0.3) is 0 Å². The van der Waals surface area contributed by atoms with E-state index in [1.54, 1.807) is 0 Å². The van der Waals surface area contributed by atoms with Crippen molar-refractivity contribution < 1.29 is 9.53 Å². The number of hydrogen-bond donors (Lipinski definition) is 1. The summed E-state index contributed by atoms with van der Waals surface area (Å²) in [5.74, 6) is -0.210. The topological polar surface area (TPSA) is 48.2 Å². The first-order valence-electron chi connectivity index (χ1n) is 3.45. The maximum Gasteiger partial charge on any atom is 0.303 e. The molecule has 0 bridgehead atoms. The predicted octanol–water partition coefficient (Wildman–Crippen LogP) is 0.300. The molecule has 0 aromatic rings. The first-order chi connectivity index (χ1) is 4.52. The minimum Gasteiger partial charge on any atom is -0.458 e. The van der Waals surface area contributed by atoms with E-state index < -0.39 is 0 Å². The van der Waals surface area contributed by atoms with Crippen molar-refractivity contribution in [3.63, 3.8) is 0 Å². The Bertz CT molecular complexity index is 150. The Hall–Kier alpha value is -0.570. The fraction of sp³-hybridized carbons (Fsp3) is 0.857. The maximum atomic E-state index is 10.5.